The van der Waals surface area contributed by atoms with Gasteiger partial charge in [-0.1, -0.05) is 12.1 Å². The molecule has 5 rings (SSSR count). The summed E-state index contributed by atoms with van der Waals surface area (Å²) in [5.41, 5.74) is 1.67. The quantitative estimate of drug-likeness (QED) is 0.425. The molecule has 5 aromatic rings. The largest absolute Gasteiger partial charge is 0.415 e. The van der Waals surface area contributed by atoms with E-state index in [1.54, 1.807) is 22.7 Å². The summed E-state index contributed by atoms with van der Waals surface area (Å²) in [5.74, 6) is 2.00. The maximum absolute atomic E-state index is 5.75. The van der Waals surface area contributed by atoms with Gasteiger partial charge in [-0.15, -0.1) is 43.1 Å². The summed E-state index contributed by atoms with van der Waals surface area (Å²) in [6, 6.07) is 15.4. The van der Waals surface area contributed by atoms with Crippen LogP contribution in [-0.2, 0) is 0 Å². The summed E-state index contributed by atoms with van der Waals surface area (Å²) in [6.07, 6.45) is 0. The molecule has 0 saturated heterocycles. The first-order chi connectivity index (χ1) is 12.9. The minimum Gasteiger partial charge on any atom is -0.415 e. The van der Waals surface area contributed by atoms with Crippen molar-refractivity contribution in [2.75, 3.05) is 0 Å². The number of aromatic nitrogens is 4. The van der Waals surface area contributed by atoms with Gasteiger partial charge < -0.3 is 8.83 Å². The van der Waals surface area contributed by atoms with Crippen LogP contribution in [0.15, 0.2) is 68.1 Å². The number of hydrogen-bond acceptors (Lipinski definition) is 8. The summed E-state index contributed by atoms with van der Waals surface area (Å²) < 4.78 is 11.5. The Balaban J connectivity index is 1.41. The van der Waals surface area contributed by atoms with Gasteiger partial charge in [0.05, 0.1) is 9.75 Å². The summed E-state index contributed by atoms with van der Waals surface area (Å²) >= 11 is 3.12. The van der Waals surface area contributed by atoms with Crippen molar-refractivity contribution in [1.29, 1.82) is 0 Å². The molecule has 6 nitrogen and oxygen atoms in total. The first-order valence-corrected chi connectivity index (χ1v) is 9.48. The van der Waals surface area contributed by atoms with Crippen molar-refractivity contribution in [3.8, 4) is 44.4 Å². The van der Waals surface area contributed by atoms with Gasteiger partial charge >= 0.3 is 0 Å². The van der Waals surface area contributed by atoms with Gasteiger partial charge in [0.15, 0.2) is 0 Å². The molecule has 0 aliphatic heterocycles. The van der Waals surface area contributed by atoms with Gasteiger partial charge in [-0.2, -0.15) is 0 Å². The fourth-order valence-corrected chi connectivity index (χ4v) is 3.72. The normalized spacial score (nSPS) is 11.1. The summed E-state index contributed by atoms with van der Waals surface area (Å²) in [6.45, 7) is 0. The fourth-order valence-electron chi connectivity index (χ4n) is 2.43. The fraction of sp³-hybridized carbons (Fsp3) is 0. The number of benzene rings is 1. The zero-order valence-corrected chi connectivity index (χ0v) is 14.8. The third-order valence-electron chi connectivity index (χ3n) is 3.69. The smallest absolute Gasteiger partial charge is 0.258 e. The Labute approximate surface area is 155 Å². The lowest BCUT2D eigenvalue weighted by molar-refractivity contribution is 0.584. The molecule has 126 valence electrons. The highest BCUT2D eigenvalue weighted by Gasteiger charge is 2.14. The van der Waals surface area contributed by atoms with E-state index >= 15 is 0 Å². The van der Waals surface area contributed by atoms with E-state index in [1.165, 1.54) is 0 Å². The van der Waals surface area contributed by atoms with E-state index < -0.39 is 0 Å². The molecule has 0 radical (unpaired) electrons. The summed E-state index contributed by atoms with van der Waals surface area (Å²) in [7, 11) is 0. The van der Waals surface area contributed by atoms with Crippen LogP contribution in [0.4, 0.5) is 0 Å². The Hall–Kier alpha value is -3.10. The molecule has 0 fully saturated rings. The zero-order valence-electron chi connectivity index (χ0n) is 13.2. The highest BCUT2D eigenvalue weighted by Crippen LogP contribution is 2.30. The first kappa shape index (κ1) is 15.2. The summed E-state index contributed by atoms with van der Waals surface area (Å²) in [4.78, 5) is 1.90. The van der Waals surface area contributed by atoms with Crippen molar-refractivity contribution in [1.82, 2.24) is 20.4 Å². The van der Waals surface area contributed by atoms with Gasteiger partial charge in [0.25, 0.3) is 11.8 Å². The van der Waals surface area contributed by atoms with Crippen LogP contribution >= 0.6 is 22.7 Å². The number of nitrogens with zero attached hydrogens (tertiary/aromatic N) is 4. The molecule has 0 aliphatic carbocycles. The molecule has 0 aliphatic rings. The molecule has 4 aromatic heterocycles. The van der Waals surface area contributed by atoms with Gasteiger partial charge in [0.2, 0.25) is 11.8 Å². The molecule has 0 amide bonds. The standard InChI is InChI=1S/C18H10N4O2S2/c1-3-13(25-9-1)17-21-19-15(23-17)11-5-7-12(8-6-11)16-20-22-18(24-16)14-4-2-10-26-14/h1-10H. The molecule has 26 heavy (non-hydrogen) atoms. The van der Waals surface area contributed by atoms with Gasteiger partial charge in [0.1, 0.15) is 0 Å². The summed E-state index contributed by atoms with van der Waals surface area (Å²) in [5, 5.41) is 20.4. The van der Waals surface area contributed by atoms with E-state index in [9.17, 15) is 0 Å². The molecule has 0 unspecified atom stereocenters. The Morgan fingerprint density at radius 3 is 1.35 bits per heavy atom. The molecule has 0 atom stereocenters. The van der Waals surface area contributed by atoms with Crippen LogP contribution in [0.1, 0.15) is 0 Å². The highest BCUT2D eigenvalue weighted by atomic mass is 32.1. The number of thiophene rings is 2. The van der Waals surface area contributed by atoms with Crippen LogP contribution in [0.5, 0.6) is 0 Å². The maximum Gasteiger partial charge on any atom is 0.258 e. The maximum atomic E-state index is 5.75. The lowest BCUT2D eigenvalue weighted by Gasteiger charge is -1.97. The lowest BCUT2D eigenvalue weighted by atomic mass is 10.1. The van der Waals surface area contributed by atoms with Crippen molar-refractivity contribution >= 4 is 22.7 Å². The molecular weight excluding hydrogens is 368 g/mol. The molecule has 4 heterocycles. The van der Waals surface area contributed by atoms with Crippen molar-refractivity contribution in [2.45, 2.75) is 0 Å². The van der Waals surface area contributed by atoms with Crippen LogP contribution in [0, 0.1) is 0 Å². The molecule has 0 N–H and O–H groups in total. The average Bonchev–Trinajstić information content (AvgIpc) is 3.49. The van der Waals surface area contributed by atoms with E-state index in [-0.39, 0.29) is 0 Å². The zero-order chi connectivity index (χ0) is 17.3. The van der Waals surface area contributed by atoms with Gasteiger partial charge in [-0.05, 0) is 47.2 Å². The van der Waals surface area contributed by atoms with Crippen LogP contribution in [0.25, 0.3) is 44.4 Å². The Kier molecular flexibility index (Phi) is 3.69. The van der Waals surface area contributed by atoms with E-state index in [4.69, 9.17) is 8.83 Å². The topological polar surface area (TPSA) is 77.8 Å². The van der Waals surface area contributed by atoms with E-state index in [1.807, 2.05) is 59.3 Å². The highest BCUT2D eigenvalue weighted by molar-refractivity contribution is 7.13. The van der Waals surface area contributed by atoms with Crippen LogP contribution in [-0.4, -0.2) is 20.4 Å². The predicted octanol–water partition coefficient (Wildman–Crippen LogP) is 5.24. The van der Waals surface area contributed by atoms with Crippen molar-refractivity contribution in [3.63, 3.8) is 0 Å². The third kappa shape index (κ3) is 2.75. The Morgan fingerprint density at radius 2 is 0.962 bits per heavy atom. The van der Waals surface area contributed by atoms with Crippen molar-refractivity contribution in [3.05, 3.63) is 59.3 Å². The van der Waals surface area contributed by atoms with Gasteiger partial charge in [-0.3, -0.25) is 0 Å². The molecule has 0 bridgehead atoms. The minimum atomic E-state index is 0.477. The second kappa shape index (κ2) is 6.32. The number of hydrogen-bond donors (Lipinski definition) is 0. The van der Waals surface area contributed by atoms with Crippen LogP contribution in [0.2, 0.25) is 0 Å². The molecule has 0 saturated carbocycles. The van der Waals surface area contributed by atoms with Gasteiger partial charge in [0, 0.05) is 11.1 Å². The average molecular weight is 378 g/mol. The molecule has 1 aromatic carbocycles. The van der Waals surface area contributed by atoms with Crippen LogP contribution < -0.4 is 0 Å². The van der Waals surface area contributed by atoms with Crippen molar-refractivity contribution < 1.29 is 8.83 Å². The number of rotatable bonds is 4. The molecule has 0 spiro atoms. The molecule has 8 heteroatoms. The van der Waals surface area contributed by atoms with E-state index in [0.29, 0.717) is 23.6 Å². The van der Waals surface area contributed by atoms with Crippen LogP contribution in [0.3, 0.4) is 0 Å². The van der Waals surface area contributed by atoms with E-state index in [2.05, 4.69) is 20.4 Å². The second-order valence-electron chi connectivity index (χ2n) is 5.36. The Morgan fingerprint density at radius 1 is 0.538 bits per heavy atom. The van der Waals surface area contributed by atoms with Gasteiger partial charge in [-0.25, -0.2) is 0 Å². The SMILES string of the molecule is c1csc(-c2nnc(-c3ccc(-c4nnc(-c5cccs5)o4)cc3)o2)c1. The van der Waals surface area contributed by atoms with Crippen molar-refractivity contribution in [2.24, 2.45) is 0 Å². The lowest BCUT2D eigenvalue weighted by Crippen LogP contribution is -1.81. The predicted molar refractivity (Wildman–Crippen MR) is 99.7 cm³/mol. The Bertz CT molecular complexity index is 1040. The minimum absolute atomic E-state index is 0.477. The second-order valence-corrected chi connectivity index (χ2v) is 7.25. The molecular formula is C18H10N4O2S2. The first-order valence-electron chi connectivity index (χ1n) is 7.72. The monoisotopic (exact) mass is 378 g/mol. The third-order valence-corrected chi connectivity index (χ3v) is 5.41. The van der Waals surface area contributed by atoms with E-state index in [0.717, 1.165) is 20.9 Å².